The van der Waals surface area contributed by atoms with E-state index in [1.807, 2.05) is 6.92 Å². The van der Waals surface area contributed by atoms with Gasteiger partial charge in [-0.15, -0.1) is 11.3 Å². The first kappa shape index (κ1) is 16.1. The van der Waals surface area contributed by atoms with Gasteiger partial charge in [-0.3, -0.25) is 4.90 Å². The van der Waals surface area contributed by atoms with Crippen molar-refractivity contribution in [2.75, 3.05) is 13.2 Å². The van der Waals surface area contributed by atoms with Gasteiger partial charge < -0.3 is 10.8 Å². The molecule has 1 aromatic rings. The molecule has 1 rings (SSSR count). The van der Waals surface area contributed by atoms with Crippen molar-refractivity contribution in [3.8, 4) is 0 Å². The first-order valence-electron chi connectivity index (χ1n) is 6.34. The van der Waals surface area contributed by atoms with E-state index in [9.17, 15) is 0 Å². The molecule has 0 aliphatic rings. The molecule has 3 nitrogen and oxygen atoms in total. The number of nitrogens with two attached hydrogens (primary N) is 1. The Balaban J connectivity index is 2.93. The van der Waals surface area contributed by atoms with Crippen LogP contribution in [0.25, 0.3) is 0 Å². The highest BCUT2D eigenvalue weighted by atomic mass is 79.9. The molecule has 0 spiro atoms. The molecular weight excluding hydrogens is 312 g/mol. The lowest BCUT2D eigenvalue weighted by Crippen LogP contribution is -2.43. The lowest BCUT2D eigenvalue weighted by Gasteiger charge is -2.36. The van der Waals surface area contributed by atoms with Crippen LogP contribution in [0.4, 0.5) is 0 Å². The van der Waals surface area contributed by atoms with Gasteiger partial charge in [0.15, 0.2) is 0 Å². The second-order valence-electron chi connectivity index (χ2n) is 4.85. The Morgan fingerprint density at radius 1 is 1.39 bits per heavy atom. The Morgan fingerprint density at radius 2 is 2.06 bits per heavy atom. The minimum Gasteiger partial charge on any atom is -0.396 e. The van der Waals surface area contributed by atoms with Crippen molar-refractivity contribution in [2.24, 2.45) is 5.73 Å². The fourth-order valence-electron chi connectivity index (χ4n) is 2.18. The highest BCUT2D eigenvalue weighted by molar-refractivity contribution is 9.11. The third kappa shape index (κ3) is 4.31. The molecule has 104 valence electrons. The Morgan fingerprint density at radius 3 is 2.44 bits per heavy atom. The van der Waals surface area contributed by atoms with E-state index < -0.39 is 0 Å². The van der Waals surface area contributed by atoms with Gasteiger partial charge >= 0.3 is 0 Å². The Kier molecular flexibility index (Phi) is 6.81. The molecule has 0 saturated carbocycles. The molecule has 0 radical (unpaired) electrons. The molecule has 5 heteroatoms. The van der Waals surface area contributed by atoms with Crippen molar-refractivity contribution < 1.29 is 5.11 Å². The topological polar surface area (TPSA) is 49.5 Å². The van der Waals surface area contributed by atoms with Crippen LogP contribution in [0, 0.1) is 0 Å². The van der Waals surface area contributed by atoms with Crippen molar-refractivity contribution in [1.82, 2.24) is 4.90 Å². The van der Waals surface area contributed by atoms with Crippen LogP contribution in [-0.4, -0.2) is 35.2 Å². The van der Waals surface area contributed by atoms with Crippen molar-refractivity contribution >= 4 is 27.3 Å². The van der Waals surface area contributed by atoms with Crippen LogP contribution < -0.4 is 5.73 Å². The monoisotopic (exact) mass is 334 g/mol. The van der Waals surface area contributed by atoms with Crippen molar-refractivity contribution in [2.45, 2.75) is 45.3 Å². The number of rotatable bonds is 7. The van der Waals surface area contributed by atoms with Gasteiger partial charge in [0.2, 0.25) is 0 Å². The van der Waals surface area contributed by atoms with Gasteiger partial charge in [-0.2, -0.15) is 0 Å². The number of aliphatic hydroxyl groups is 1. The van der Waals surface area contributed by atoms with Gasteiger partial charge in [0, 0.05) is 30.1 Å². The van der Waals surface area contributed by atoms with E-state index in [1.165, 1.54) is 4.88 Å². The predicted molar refractivity (Wildman–Crippen MR) is 82.0 cm³/mol. The van der Waals surface area contributed by atoms with Gasteiger partial charge in [-0.1, -0.05) is 0 Å². The van der Waals surface area contributed by atoms with E-state index in [0.717, 1.165) is 16.8 Å². The Bertz CT molecular complexity index is 355. The zero-order valence-electron chi connectivity index (χ0n) is 11.3. The van der Waals surface area contributed by atoms with E-state index in [-0.39, 0.29) is 18.7 Å². The van der Waals surface area contributed by atoms with Crippen molar-refractivity contribution in [3.63, 3.8) is 0 Å². The maximum atomic E-state index is 9.03. The second kappa shape index (κ2) is 7.60. The largest absolute Gasteiger partial charge is 0.396 e. The Hall–Kier alpha value is 0.0600. The molecule has 0 fully saturated rings. The molecule has 1 heterocycles. The first-order chi connectivity index (χ1) is 8.47. The lowest BCUT2D eigenvalue weighted by molar-refractivity contribution is 0.125. The van der Waals surface area contributed by atoms with E-state index >= 15 is 0 Å². The summed E-state index contributed by atoms with van der Waals surface area (Å²) in [5, 5.41) is 9.03. The molecule has 3 N–H and O–H groups in total. The van der Waals surface area contributed by atoms with Gasteiger partial charge in [0.05, 0.1) is 9.83 Å². The third-order valence-electron chi connectivity index (χ3n) is 2.98. The van der Waals surface area contributed by atoms with Crippen LogP contribution in [0.15, 0.2) is 15.9 Å². The van der Waals surface area contributed by atoms with Gasteiger partial charge in [0.1, 0.15) is 0 Å². The fraction of sp³-hybridized carbons (Fsp3) is 0.692. The number of halogens is 1. The normalized spacial score (nSPS) is 15.3. The highest BCUT2D eigenvalue weighted by Crippen LogP contribution is 2.33. The minimum atomic E-state index is 0.0663. The number of hydrogen-bond acceptors (Lipinski definition) is 4. The van der Waals surface area contributed by atoms with Gasteiger partial charge in [0.25, 0.3) is 0 Å². The summed E-state index contributed by atoms with van der Waals surface area (Å²) < 4.78 is 1.13. The van der Waals surface area contributed by atoms with Crippen molar-refractivity contribution in [1.29, 1.82) is 0 Å². The smallest absolute Gasteiger partial charge is 0.0702 e. The minimum absolute atomic E-state index is 0.0663. The first-order valence-corrected chi connectivity index (χ1v) is 7.95. The van der Waals surface area contributed by atoms with Crippen molar-refractivity contribution in [3.05, 3.63) is 20.8 Å². The number of thiophene rings is 1. The number of aliphatic hydroxyl groups excluding tert-OH is 1. The predicted octanol–water partition coefficient (Wildman–Crippen LogP) is 2.99. The van der Waals surface area contributed by atoms with Crippen LogP contribution in [0.2, 0.25) is 0 Å². The van der Waals surface area contributed by atoms with E-state index in [0.29, 0.717) is 6.04 Å². The molecule has 18 heavy (non-hydrogen) atoms. The summed E-state index contributed by atoms with van der Waals surface area (Å²) in [6.07, 6.45) is 0.786. The number of nitrogens with zero attached hydrogens (tertiary/aromatic N) is 1. The van der Waals surface area contributed by atoms with Crippen LogP contribution in [-0.2, 0) is 0 Å². The molecule has 0 aliphatic carbocycles. The van der Waals surface area contributed by atoms with Crippen LogP contribution in [0.5, 0.6) is 0 Å². The molecule has 1 aromatic heterocycles. The molecule has 0 aromatic carbocycles. The molecule has 0 aliphatic heterocycles. The molecule has 0 saturated heterocycles. The van der Waals surface area contributed by atoms with E-state index in [2.05, 4.69) is 46.8 Å². The summed E-state index contributed by atoms with van der Waals surface area (Å²) in [7, 11) is 0. The molecule has 2 atom stereocenters. The zero-order valence-corrected chi connectivity index (χ0v) is 13.7. The van der Waals surface area contributed by atoms with E-state index in [1.54, 1.807) is 11.3 Å². The average Bonchev–Trinajstić information content (AvgIpc) is 2.69. The highest BCUT2D eigenvalue weighted by Gasteiger charge is 2.27. The maximum Gasteiger partial charge on any atom is 0.0702 e. The average molecular weight is 335 g/mol. The summed E-state index contributed by atoms with van der Waals surface area (Å²) in [4.78, 5) is 3.66. The summed E-state index contributed by atoms with van der Waals surface area (Å²) in [6, 6.07) is 4.90. The van der Waals surface area contributed by atoms with Crippen LogP contribution >= 0.6 is 27.3 Å². The number of hydrogen-bond donors (Lipinski definition) is 2. The maximum absolute atomic E-state index is 9.03. The quantitative estimate of drug-likeness (QED) is 0.805. The standard InChI is InChI=1S/C13H23BrN2OS/c1-9(2)16(7-4-8-17)13(10(3)15)11-5-6-12(14)18-11/h5-6,9-10,13,17H,4,7-8,15H2,1-3H3. The summed E-state index contributed by atoms with van der Waals surface area (Å²) in [6.45, 7) is 7.50. The van der Waals surface area contributed by atoms with Crippen LogP contribution in [0.1, 0.15) is 38.1 Å². The van der Waals surface area contributed by atoms with Gasteiger partial charge in [-0.05, 0) is 55.3 Å². The molecule has 2 unspecified atom stereocenters. The second-order valence-corrected chi connectivity index (χ2v) is 7.35. The fourth-order valence-corrected chi connectivity index (χ4v) is 3.84. The lowest BCUT2D eigenvalue weighted by atomic mass is 10.0. The molecule has 0 amide bonds. The van der Waals surface area contributed by atoms with Crippen LogP contribution in [0.3, 0.4) is 0 Å². The summed E-state index contributed by atoms with van der Waals surface area (Å²) >= 11 is 5.24. The third-order valence-corrected chi connectivity index (χ3v) is 4.67. The SMILES string of the molecule is CC(N)C(c1ccc(Br)s1)N(CCCO)C(C)C. The zero-order chi connectivity index (χ0) is 13.7. The molecule has 0 bridgehead atoms. The van der Waals surface area contributed by atoms with Gasteiger partial charge in [-0.25, -0.2) is 0 Å². The summed E-state index contributed by atoms with van der Waals surface area (Å²) in [5.74, 6) is 0. The van der Waals surface area contributed by atoms with E-state index in [4.69, 9.17) is 10.8 Å². The summed E-state index contributed by atoms with van der Waals surface area (Å²) in [5.41, 5.74) is 6.18. The molecular formula is C13H23BrN2OS. The Labute approximate surface area is 122 Å².